The maximum atomic E-state index is 14.3. The lowest BCUT2D eigenvalue weighted by molar-refractivity contribution is 0.102. The van der Waals surface area contributed by atoms with Crippen LogP contribution >= 0.6 is 0 Å². The van der Waals surface area contributed by atoms with Crippen molar-refractivity contribution in [3.63, 3.8) is 0 Å². The predicted octanol–water partition coefficient (Wildman–Crippen LogP) is 3.92. The molecule has 1 aliphatic rings. The fourth-order valence-corrected chi connectivity index (χ4v) is 3.95. The number of carbonyl (C=O) groups excluding carboxylic acids is 1. The highest BCUT2D eigenvalue weighted by atomic mass is 19.1. The summed E-state index contributed by atoms with van der Waals surface area (Å²) in [5.74, 6) is -0.305. The van der Waals surface area contributed by atoms with Crippen LogP contribution in [0.1, 0.15) is 27.3 Å². The van der Waals surface area contributed by atoms with Crippen molar-refractivity contribution in [3.05, 3.63) is 95.1 Å². The minimum Gasteiger partial charge on any atom is -0.367 e. The lowest BCUT2D eigenvalue weighted by atomic mass is 9.99. The molecule has 0 unspecified atom stereocenters. The molecule has 0 aliphatic carbocycles. The number of nitrogens with one attached hydrogen (secondary N) is 1. The van der Waals surface area contributed by atoms with E-state index in [1.165, 1.54) is 34.0 Å². The van der Waals surface area contributed by atoms with Crippen LogP contribution in [0.15, 0.2) is 66.7 Å². The Labute approximate surface area is 184 Å². The van der Waals surface area contributed by atoms with Gasteiger partial charge in [-0.05, 0) is 77.4 Å². The van der Waals surface area contributed by atoms with E-state index in [-0.39, 0.29) is 11.6 Å². The number of tetrazole rings is 1. The van der Waals surface area contributed by atoms with Gasteiger partial charge in [0.2, 0.25) is 0 Å². The smallest absolute Gasteiger partial charge is 0.255 e. The Kier molecular flexibility index (Phi) is 5.10. The second-order valence-electron chi connectivity index (χ2n) is 7.75. The number of nitrogens with zero attached hydrogens (tertiary/aromatic N) is 5. The number of rotatable bonds is 4. The fourth-order valence-electron chi connectivity index (χ4n) is 3.95. The second-order valence-corrected chi connectivity index (χ2v) is 7.75. The molecule has 2 heterocycles. The summed E-state index contributed by atoms with van der Waals surface area (Å²) in [7, 11) is 0. The summed E-state index contributed by atoms with van der Waals surface area (Å²) < 4.78 is 15.5. The average Bonchev–Trinajstić information content (AvgIpc) is 3.25. The summed E-state index contributed by atoms with van der Waals surface area (Å²) >= 11 is 0. The van der Waals surface area contributed by atoms with Crippen LogP contribution < -0.4 is 10.2 Å². The Hall–Kier alpha value is -4.07. The van der Waals surface area contributed by atoms with E-state index in [0.717, 1.165) is 25.2 Å². The first-order valence-electron chi connectivity index (χ1n) is 10.4. The highest BCUT2D eigenvalue weighted by molar-refractivity contribution is 6.04. The molecule has 1 aliphatic heterocycles. The number of hydrogen-bond acceptors (Lipinski definition) is 5. The van der Waals surface area contributed by atoms with Gasteiger partial charge in [-0.3, -0.25) is 4.79 Å². The van der Waals surface area contributed by atoms with E-state index in [2.05, 4.69) is 50.0 Å². The molecular formula is C24H21FN6O. The van der Waals surface area contributed by atoms with E-state index in [4.69, 9.17) is 0 Å². The summed E-state index contributed by atoms with van der Waals surface area (Å²) in [6.45, 7) is 3.47. The number of benzene rings is 3. The van der Waals surface area contributed by atoms with Crippen LogP contribution in [0.2, 0.25) is 0 Å². The Morgan fingerprint density at radius 3 is 2.56 bits per heavy atom. The van der Waals surface area contributed by atoms with Crippen molar-refractivity contribution in [2.75, 3.05) is 16.8 Å². The van der Waals surface area contributed by atoms with E-state index in [9.17, 15) is 9.18 Å². The van der Waals surface area contributed by atoms with Gasteiger partial charge in [-0.2, -0.15) is 4.68 Å². The Bertz CT molecular complexity index is 1280. The van der Waals surface area contributed by atoms with Crippen molar-refractivity contribution < 1.29 is 9.18 Å². The van der Waals surface area contributed by atoms with Crippen molar-refractivity contribution in [2.45, 2.75) is 19.9 Å². The SMILES string of the molecule is Cc1nnnn1-c1cc(NC(=O)c2ccc(N3CCc4ccccc4C3)cc2)ccc1F. The molecule has 1 amide bonds. The van der Waals surface area contributed by atoms with Gasteiger partial charge in [0.1, 0.15) is 11.5 Å². The third-order valence-electron chi connectivity index (χ3n) is 5.68. The van der Waals surface area contributed by atoms with Crippen molar-refractivity contribution >= 4 is 17.3 Å². The quantitative estimate of drug-likeness (QED) is 0.533. The minimum absolute atomic E-state index is 0.172. The van der Waals surface area contributed by atoms with Crippen LogP contribution in [0.5, 0.6) is 0 Å². The first kappa shape index (κ1) is 19.9. The van der Waals surface area contributed by atoms with Crippen molar-refractivity contribution in [1.29, 1.82) is 0 Å². The highest BCUT2D eigenvalue weighted by Gasteiger charge is 2.17. The Balaban J connectivity index is 1.30. The summed E-state index contributed by atoms with van der Waals surface area (Å²) in [5.41, 5.74) is 4.97. The van der Waals surface area contributed by atoms with Crippen LogP contribution in [0.25, 0.3) is 5.69 Å². The Morgan fingerprint density at radius 1 is 1.03 bits per heavy atom. The number of anilines is 2. The summed E-state index contributed by atoms with van der Waals surface area (Å²) in [5, 5.41) is 13.9. The fraction of sp³-hybridized carbons (Fsp3) is 0.167. The molecule has 0 saturated heterocycles. The predicted molar refractivity (Wildman–Crippen MR) is 119 cm³/mol. The zero-order valence-electron chi connectivity index (χ0n) is 17.5. The molecule has 8 heteroatoms. The van der Waals surface area contributed by atoms with Crippen molar-refractivity contribution in [1.82, 2.24) is 20.2 Å². The molecule has 1 aromatic heterocycles. The maximum Gasteiger partial charge on any atom is 0.255 e. The standard InChI is InChI=1S/C24H21FN6O/c1-16-27-28-29-31(16)23-14-20(8-11-22(23)25)26-24(32)18-6-9-21(10-7-18)30-13-12-17-4-2-3-5-19(17)15-30/h2-11,14H,12-13,15H2,1H3,(H,26,32). The van der Waals surface area contributed by atoms with E-state index >= 15 is 0 Å². The Morgan fingerprint density at radius 2 is 1.81 bits per heavy atom. The number of aromatic nitrogens is 4. The molecule has 32 heavy (non-hydrogen) atoms. The molecule has 0 fully saturated rings. The number of aryl methyl sites for hydroxylation is 1. The first-order valence-corrected chi connectivity index (χ1v) is 10.4. The molecule has 5 rings (SSSR count). The largest absolute Gasteiger partial charge is 0.367 e. The van der Waals surface area contributed by atoms with Crippen molar-refractivity contribution in [2.24, 2.45) is 0 Å². The molecule has 0 bridgehead atoms. The van der Waals surface area contributed by atoms with Gasteiger partial charge in [-0.15, -0.1) is 5.10 Å². The summed E-state index contributed by atoms with van der Waals surface area (Å²) in [6.07, 6.45) is 1.01. The first-order chi connectivity index (χ1) is 15.6. The minimum atomic E-state index is -0.481. The number of halogens is 1. The van der Waals surface area contributed by atoms with E-state index < -0.39 is 5.82 Å². The van der Waals surface area contributed by atoms with E-state index in [1.807, 2.05) is 12.1 Å². The lowest BCUT2D eigenvalue weighted by Crippen LogP contribution is -2.30. The van der Waals surface area contributed by atoms with E-state index in [0.29, 0.717) is 17.1 Å². The maximum absolute atomic E-state index is 14.3. The normalized spacial score (nSPS) is 13.0. The topological polar surface area (TPSA) is 75.9 Å². The van der Waals surface area contributed by atoms with Gasteiger partial charge in [0, 0.05) is 30.0 Å². The monoisotopic (exact) mass is 428 g/mol. The van der Waals surface area contributed by atoms with Crippen LogP contribution in [0, 0.1) is 12.7 Å². The average molecular weight is 428 g/mol. The van der Waals surface area contributed by atoms with Crippen LogP contribution in [-0.2, 0) is 13.0 Å². The molecule has 3 aromatic carbocycles. The van der Waals surface area contributed by atoms with Crippen LogP contribution in [-0.4, -0.2) is 32.7 Å². The zero-order chi connectivity index (χ0) is 22.1. The molecule has 0 radical (unpaired) electrons. The molecule has 0 saturated carbocycles. The molecule has 7 nitrogen and oxygen atoms in total. The van der Waals surface area contributed by atoms with Crippen molar-refractivity contribution in [3.8, 4) is 5.69 Å². The van der Waals surface area contributed by atoms with Gasteiger partial charge in [-0.1, -0.05) is 24.3 Å². The molecule has 0 spiro atoms. The molecule has 4 aromatic rings. The highest BCUT2D eigenvalue weighted by Crippen LogP contribution is 2.25. The number of carbonyl (C=O) groups is 1. The lowest BCUT2D eigenvalue weighted by Gasteiger charge is -2.30. The summed E-state index contributed by atoms with van der Waals surface area (Å²) in [6, 6.07) is 20.3. The molecule has 160 valence electrons. The van der Waals surface area contributed by atoms with Gasteiger partial charge in [0.25, 0.3) is 5.91 Å². The molecule has 1 N–H and O–H groups in total. The third-order valence-corrected chi connectivity index (χ3v) is 5.68. The van der Waals surface area contributed by atoms with Gasteiger partial charge in [-0.25, -0.2) is 4.39 Å². The second kappa shape index (κ2) is 8.22. The van der Waals surface area contributed by atoms with Gasteiger partial charge in [0.15, 0.2) is 5.82 Å². The molecule has 0 atom stereocenters. The van der Waals surface area contributed by atoms with Crippen LogP contribution in [0.3, 0.4) is 0 Å². The number of amides is 1. The number of fused-ring (bicyclic) bond motifs is 1. The molecular weight excluding hydrogens is 407 g/mol. The summed E-state index contributed by atoms with van der Waals surface area (Å²) in [4.78, 5) is 15.1. The third kappa shape index (κ3) is 3.82. The van der Waals surface area contributed by atoms with E-state index in [1.54, 1.807) is 19.1 Å². The van der Waals surface area contributed by atoms with Gasteiger partial charge < -0.3 is 10.2 Å². The van der Waals surface area contributed by atoms with Gasteiger partial charge in [0.05, 0.1) is 0 Å². The van der Waals surface area contributed by atoms with Gasteiger partial charge >= 0.3 is 0 Å². The van der Waals surface area contributed by atoms with Crippen LogP contribution in [0.4, 0.5) is 15.8 Å². The number of hydrogen-bond donors (Lipinski definition) is 1. The zero-order valence-corrected chi connectivity index (χ0v) is 17.5.